The molecule has 1 fully saturated rings. The number of benzene rings is 1. The van der Waals surface area contributed by atoms with Crippen molar-refractivity contribution in [3.63, 3.8) is 0 Å². The van der Waals surface area contributed by atoms with E-state index in [-0.39, 0.29) is 18.2 Å². The standard InChI is InChI=1S/C15H13NO6/c17-13-4-2-9(15(20)16-13)11-6-22-12-3-1-8(5-10(11)12)21-7-14(18)19/h1,3,5-6,9H,2,4,7H2,(H,18,19)(H,16,17,20). The first-order chi connectivity index (χ1) is 10.5. The summed E-state index contributed by atoms with van der Waals surface area (Å²) in [5, 5.41) is 11.6. The van der Waals surface area contributed by atoms with E-state index in [1.165, 1.54) is 6.26 Å². The van der Waals surface area contributed by atoms with E-state index in [1.807, 2.05) is 0 Å². The van der Waals surface area contributed by atoms with Gasteiger partial charge < -0.3 is 14.3 Å². The van der Waals surface area contributed by atoms with Gasteiger partial charge in [0.1, 0.15) is 11.3 Å². The molecule has 2 amide bonds. The fourth-order valence-corrected chi connectivity index (χ4v) is 2.52. The van der Waals surface area contributed by atoms with E-state index >= 15 is 0 Å². The first kappa shape index (κ1) is 14.1. The van der Waals surface area contributed by atoms with Crippen molar-refractivity contribution in [1.29, 1.82) is 0 Å². The lowest BCUT2D eigenvalue weighted by Crippen LogP contribution is -2.39. The van der Waals surface area contributed by atoms with Gasteiger partial charge in [-0.05, 0) is 24.6 Å². The third-order valence-electron chi connectivity index (χ3n) is 3.55. The van der Waals surface area contributed by atoms with Crippen molar-refractivity contribution in [2.24, 2.45) is 0 Å². The van der Waals surface area contributed by atoms with Crippen LogP contribution in [-0.2, 0) is 14.4 Å². The van der Waals surface area contributed by atoms with Crippen molar-refractivity contribution in [1.82, 2.24) is 5.32 Å². The summed E-state index contributed by atoms with van der Waals surface area (Å²) in [5.41, 5.74) is 1.24. The minimum absolute atomic E-state index is 0.276. The number of nitrogens with one attached hydrogen (secondary N) is 1. The molecule has 0 aliphatic carbocycles. The maximum atomic E-state index is 12.0. The van der Waals surface area contributed by atoms with Gasteiger partial charge in [-0.3, -0.25) is 14.9 Å². The fraction of sp³-hybridized carbons (Fsp3) is 0.267. The number of rotatable bonds is 4. The van der Waals surface area contributed by atoms with Crippen molar-refractivity contribution >= 4 is 28.8 Å². The molecule has 1 unspecified atom stereocenters. The van der Waals surface area contributed by atoms with Crippen LogP contribution in [0.25, 0.3) is 11.0 Å². The van der Waals surface area contributed by atoms with Crippen LogP contribution in [0, 0.1) is 0 Å². The zero-order chi connectivity index (χ0) is 15.7. The topological polar surface area (TPSA) is 106 Å². The number of aliphatic carboxylic acids is 1. The molecular formula is C15H13NO6. The van der Waals surface area contributed by atoms with Crippen LogP contribution in [0.15, 0.2) is 28.9 Å². The summed E-state index contributed by atoms with van der Waals surface area (Å²) in [4.78, 5) is 33.7. The van der Waals surface area contributed by atoms with Crippen LogP contribution in [0.5, 0.6) is 5.75 Å². The van der Waals surface area contributed by atoms with E-state index in [0.717, 1.165) is 0 Å². The summed E-state index contributed by atoms with van der Waals surface area (Å²) in [7, 11) is 0. The molecule has 1 aliphatic heterocycles. The molecule has 1 atom stereocenters. The Morgan fingerprint density at radius 2 is 2.23 bits per heavy atom. The van der Waals surface area contributed by atoms with Crippen LogP contribution < -0.4 is 10.1 Å². The number of furan rings is 1. The molecule has 0 radical (unpaired) electrons. The molecule has 2 heterocycles. The number of piperidine rings is 1. The highest BCUT2D eigenvalue weighted by molar-refractivity contribution is 6.02. The first-order valence-electron chi connectivity index (χ1n) is 6.74. The van der Waals surface area contributed by atoms with Gasteiger partial charge in [0.15, 0.2) is 6.61 Å². The number of carbonyl (C=O) groups is 3. The van der Waals surface area contributed by atoms with Gasteiger partial charge in [-0.15, -0.1) is 0 Å². The molecule has 1 aliphatic rings. The highest BCUT2D eigenvalue weighted by atomic mass is 16.5. The van der Waals surface area contributed by atoms with Crippen molar-refractivity contribution in [2.75, 3.05) is 6.61 Å². The monoisotopic (exact) mass is 303 g/mol. The number of carboxylic acids is 1. The maximum Gasteiger partial charge on any atom is 0.341 e. The Bertz CT molecular complexity index is 762. The second kappa shape index (κ2) is 5.51. The van der Waals surface area contributed by atoms with Gasteiger partial charge in [0.2, 0.25) is 11.8 Å². The van der Waals surface area contributed by atoms with Gasteiger partial charge in [0, 0.05) is 17.4 Å². The van der Waals surface area contributed by atoms with Crippen LogP contribution in [0.1, 0.15) is 24.3 Å². The van der Waals surface area contributed by atoms with Gasteiger partial charge in [-0.1, -0.05) is 0 Å². The number of carboxylic acid groups (broad SMARTS) is 1. The molecule has 7 heteroatoms. The Morgan fingerprint density at radius 1 is 1.41 bits per heavy atom. The predicted molar refractivity (Wildman–Crippen MR) is 74.5 cm³/mol. The van der Waals surface area contributed by atoms with Crippen LogP contribution in [0.2, 0.25) is 0 Å². The molecule has 1 aromatic carbocycles. The molecule has 2 N–H and O–H groups in total. The normalized spacial score (nSPS) is 18.3. The number of imide groups is 1. The summed E-state index contributed by atoms with van der Waals surface area (Å²) in [6, 6.07) is 4.89. The molecule has 0 saturated carbocycles. The lowest BCUT2D eigenvalue weighted by molar-refractivity contribution is -0.139. The van der Waals surface area contributed by atoms with Crippen LogP contribution in [0.3, 0.4) is 0 Å². The first-order valence-corrected chi connectivity index (χ1v) is 6.74. The van der Waals surface area contributed by atoms with E-state index in [4.69, 9.17) is 14.3 Å². The highest BCUT2D eigenvalue weighted by Crippen LogP contribution is 2.34. The number of hydrogen-bond acceptors (Lipinski definition) is 5. The quantitative estimate of drug-likeness (QED) is 0.827. The van der Waals surface area contributed by atoms with Crippen LogP contribution in [0.4, 0.5) is 0 Å². The molecule has 7 nitrogen and oxygen atoms in total. The molecule has 1 aromatic heterocycles. The molecular weight excluding hydrogens is 290 g/mol. The highest BCUT2D eigenvalue weighted by Gasteiger charge is 2.30. The summed E-state index contributed by atoms with van der Waals surface area (Å²) in [6.45, 7) is -0.447. The van der Waals surface area contributed by atoms with E-state index in [9.17, 15) is 14.4 Å². The fourth-order valence-electron chi connectivity index (χ4n) is 2.52. The van der Waals surface area contributed by atoms with Gasteiger partial charge in [0.05, 0.1) is 12.2 Å². The average molecular weight is 303 g/mol. The lowest BCUT2D eigenvalue weighted by atomic mass is 9.90. The summed E-state index contributed by atoms with van der Waals surface area (Å²) >= 11 is 0. The Hall–Kier alpha value is -2.83. The minimum Gasteiger partial charge on any atom is -0.482 e. The van der Waals surface area contributed by atoms with E-state index in [2.05, 4.69) is 5.32 Å². The average Bonchev–Trinajstić information content (AvgIpc) is 2.88. The van der Waals surface area contributed by atoms with Crippen molar-refractivity contribution in [2.45, 2.75) is 18.8 Å². The molecule has 0 spiro atoms. The second-order valence-corrected chi connectivity index (χ2v) is 5.04. The van der Waals surface area contributed by atoms with Crippen molar-refractivity contribution in [3.8, 4) is 5.75 Å². The molecule has 114 valence electrons. The molecule has 2 aromatic rings. The minimum atomic E-state index is -1.07. The lowest BCUT2D eigenvalue weighted by Gasteiger charge is -2.19. The van der Waals surface area contributed by atoms with Crippen molar-refractivity contribution < 1.29 is 28.6 Å². The molecule has 0 bridgehead atoms. The maximum absolute atomic E-state index is 12.0. The predicted octanol–water partition coefficient (Wildman–Crippen LogP) is 1.42. The van der Waals surface area contributed by atoms with Gasteiger partial charge in [0.25, 0.3) is 0 Å². The Balaban J connectivity index is 1.92. The Morgan fingerprint density at radius 3 is 2.95 bits per heavy atom. The summed E-state index contributed by atoms with van der Waals surface area (Å²) < 4.78 is 10.6. The van der Waals surface area contributed by atoms with E-state index in [1.54, 1.807) is 18.2 Å². The number of hydrogen-bond donors (Lipinski definition) is 2. The number of carbonyl (C=O) groups excluding carboxylic acids is 2. The third-order valence-corrected chi connectivity index (χ3v) is 3.55. The molecule has 22 heavy (non-hydrogen) atoms. The van der Waals surface area contributed by atoms with Crippen LogP contribution >= 0.6 is 0 Å². The number of amides is 2. The van der Waals surface area contributed by atoms with Gasteiger partial charge in [-0.2, -0.15) is 0 Å². The zero-order valence-electron chi connectivity index (χ0n) is 11.5. The number of fused-ring (bicyclic) bond motifs is 1. The SMILES string of the molecule is O=C(O)COc1ccc2occ(C3CCC(=O)NC3=O)c2c1. The Kier molecular flexibility index (Phi) is 3.54. The summed E-state index contributed by atoms with van der Waals surface area (Å²) in [6.07, 6.45) is 2.18. The van der Waals surface area contributed by atoms with Gasteiger partial charge in [-0.25, -0.2) is 4.79 Å². The van der Waals surface area contributed by atoms with E-state index in [0.29, 0.717) is 28.7 Å². The second-order valence-electron chi connectivity index (χ2n) is 5.04. The van der Waals surface area contributed by atoms with Gasteiger partial charge >= 0.3 is 5.97 Å². The smallest absolute Gasteiger partial charge is 0.341 e. The largest absolute Gasteiger partial charge is 0.482 e. The molecule has 1 saturated heterocycles. The Labute approximate surface area is 124 Å². The third kappa shape index (κ3) is 2.65. The van der Waals surface area contributed by atoms with Crippen LogP contribution in [-0.4, -0.2) is 29.5 Å². The van der Waals surface area contributed by atoms with Crippen molar-refractivity contribution in [3.05, 3.63) is 30.0 Å². The summed E-state index contributed by atoms with van der Waals surface area (Å²) in [5.74, 6) is -1.79. The van der Waals surface area contributed by atoms with E-state index < -0.39 is 18.5 Å². The molecule has 3 rings (SSSR count). The number of ether oxygens (including phenoxy) is 1. The zero-order valence-corrected chi connectivity index (χ0v) is 11.5.